The lowest BCUT2D eigenvalue weighted by atomic mass is 10.1. The molecule has 0 saturated carbocycles. The Hall–Kier alpha value is -3.08. The van der Waals surface area contributed by atoms with Crippen molar-refractivity contribution in [3.05, 3.63) is 60.3 Å². The Morgan fingerprint density at radius 2 is 1.77 bits per heavy atom. The molecule has 3 rings (SSSR count). The molecule has 1 aromatic heterocycles. The van der Waals surface area contributed by atoms with Gasteiger partial charge in [-0.15, -0.1) is 0 Å². The number of hydrogen-bond acceptors (Lipinski definition) is 4. The topological polar surface area (TPSA) is 72.6 Å². The highest BCUT2D eigenvalue weighted by atomic mass is 16.5. The Bertz CT molecular complexity index is 809. The second-order valence-electron chi connectivity index (χ2n) is 4.57. The first-order valence-corrected chi connectivity index (χ1v) is 6.63. The summed E-state index contributed by atoms with van der Waals surface area (Å²) in [4.78, 5) is 15.6. The van der Waals surface area contributed by atoms with Crippen LogP contribution in [0.25, 0.3) is 22.8 Å². The van der Waals surface area contributed by atoms with Crippen LogP contribution in [0, 0.1) is 0 Å². The number of carboxylic acid groups (broad SMARTS) is 1. The number of benzene rings is 2. The maximum atomic E-state index is 11.5. The van der Waals surface area contributed by atoms with Crippen LogP contribution < -0.4 is 4.74 Å². The van der Waals surface area contributed by atoms with Crippen molar-refractivity contribution in [1.82, 2.24) is 4.98 Å². The first-order chi connectivity index (χ1) is 10.7. The minimum Gasteiger partial charge on any atom is -0.496 e. The number of hydrogen-bond donors (Lipinski definition) is 1. The molecule has 22 heavy (non-hydrogen) atoms. The van der Waals surface area contributed by atoms with Crippen LogP contribution in [0.1, 0.15) is 10.5 Å². The number of aromatic carboxylic acids is 1. The van der Waals surface area contributed by atoms with Gasteiger partial charge in [-0.1, -0.05) is 30.3 Å². The molecule has 110 valence electrons. The van der Waals surface area contributed by atoms with Crippen molar-refractivity contribution < 1.29 is 19.1 Å². The molecule has 0 aliphatic heterocycles. The smallest absolute Gasteiger partial charge is 0.358 e. The average molecular weight is 295 g/mol. The van der Waals surface area contributed by atoms with Crippen LogP contribution in [-0.4, -0.2) is 23.2 Å². The molecule has 0 fully saturated rings. The Morgan fingerprint density at radius 3 is 2.45 bits per heavy atom. The minimum absolute atomic E-state index is 0.136. The molecule has 0 saturated heterocycles. The van der Waals surface area contributed by atoms with Gasteiger partial charge in [0.1, 0.15) is 5.75 Å². The van der Waals surface area contributed by atoms with Crippen LogP contribution in [-0.2, 0) is 0 Å². The van der Waals surface area contributed by atoms with Gasteiger partial charge in [-0.3, -0.25) is 0 Å². The molecule has 0 amide bonds. The van der Waals surface area contributed by atoms with Gasteiger partial charge >= 0.3 is 5.97 Å². The molecule has 0 atom stereocenters. The van der Waals surface area contributed by atoms with E-state index in [2.05, 4.69) is 4.98 Å². The summed E-state index contributed by atoms with van der Waals surface area (Å²) in [6.07, 6.45) is 0. The molecule has 0 spiro atoms. The largest absolute Gasteiger partial charge is 0.496 e. The third kappa shape index (κ3) is 2.44. The predicted octanol–water partition coefficient (Wildman–Crippen LogP) is 3.72. The third-order valence-corrected chi connectivity index (χ3v) is 3.20. The van der Waals surface area contributed by atoms with Crippen molar-refractivity contribution in [1.29, 1.82) is 0 Å². The van der Waals surface area contributed by atoms with Gasteiger partial charge in [-0.05, 0) is 24.3 Å². The van der Waals surface area contributed by atoms with Gasteiger partial charge < -0.3 is 14.3 Å². The van der Waals surface area contributed by atoms with E-state index in [1.165, 1.54) is 7.11 Å². The van der Waals surface area contributed by atoms with E-state index in [1.807, 2.05) is 30.3 Å². The highest BCUT2D eigenvalue weighted by molar-refractivity contribution is 5.94. The zero-order valence-corrected chi connectivity index (χ0v) is 11.8. The second kappa shape index (κ2) is 5.73. The number of nitrogens with zero attached hydrogens (tertiary/aromatic N) is 1. The van der Waals surface area contributed by atoms with E-state index in [1.54, 1.807) is 24.3 Å². The van der Waals surface area contributed by atoms with E-state index in [0.29, 0.717) is 16.9 Å². The zero-order valence-electron chi connectivity index (χ0n) is 11.8. The highest BCUT2D eigenvalue weighted by Crippen LogP contribution is 2.35. The number of para-hydroxylation sites is 1. The first-order valence-electron chi connectivity index (χ1n) is 6.63. The summed E-state index contributed by atoms with van der Waals surface area (Å²) in [7, 11) is 1.52. The number of carbonyl (C=O) groups is 1. The monoisotopic (exact) mass is 295 g/mol. The fourth-order valence-corrected chi connectivity index (χ4v) is 2.18. The van der Waals surface area contributed by atoms with Gasteiger partial charge in [0.25, 0.3) is 0 Å². The van der Waals surface area contributed by atoms with Crippen LogP contribution in [0.5, 0.6) is 5.75 Å². The molecule has 5 heteroatoms. The fraction of sp³-hybridized carbons (Fsp3) is 0.0588. The van der Waals surface area contributed by atoms with E-state index in [-0.39, 0.29) is 17.3 Å². The SMILES string of the molecule is COc1ccccc1-c1oc(-c2ccccc2)nc1C(=O)O. The molecule has 2 aromatic carbocycles. The van der Waals surface area contributed by atoms with Crippen LogP contribution in [0.4, 0.5) is 0 Å². The summed E-state index contributed by atoms with van der Waals surface area (Å²) in [5.41, 5.74) is 1.13. The molecule has 1 N–H and O–H groups in total. The summed E-state index contributed by atoms with van der Waals surface area (Å²) in [5.74, 6) is -0.171. The normalized spacial score (nSPS) is 10.4. The van der Waals surface area contributed by atoms with Gasteiger partial charge in [-0.25, -0.2) is 9.78 Å². The maximum absolute atomic E-state index is 11.5. The molecule has 0 unspecified atom stereocenters. The number of rotatable bonds is 4. The van der Waals surface area contributed by atoms with Gasteiger partial charge in [0.15, 0.2) is 11.5 Å². The van der Waals surface area contributed by atoms with Gasteiger partial charge in [0, 0.05) is 5.56 Å². The standard InChI is InChI=1S/C17H13NO4/c1-21-13-10-6-5-9-12(13)15-14(17(19)20)18-16(22-15)11-7-3-2-4-8-11/h2-10H,1H3,(H,19,20). The summed E-state index contributed by atoms with van der Waals surface area (Å²) >= 11 is 0. The number of ether oxygens (including phenoxy) is 1. The van der Waals surface area contributed by atoms with E-state index in [0.717, 1.165) is 0 Å². The summed E-state index contributed by atoms with van der Waals surface area (Å²) in [6, 6.07) is 16.2. The summed E-state index contributed by atoms with van der Waals surface area (Å²) in [6.45, 7) is 0. The van der Waals surface area contributed by atoms with Crippen LogP contribution >= 0.6 is 0 Å². The quantitative estimate of drug-likeness (QED) is 0.794. The zero-order chi connectivity index (χ0) is 15.5. The first kappa shape index (κ1) is 13.9. The Kier molecular flexibility index (Phi) is 3.62. The van der Waals surface area contributed by atoms with Gasteiger partial charge in [0.2, 0.25) is 5.89 Å². The predicted molar refractivity (Wildman–Crippen MR) is 80.9 cm³/mol. The summed E-state index contributed by atoms with van der Waals surface area (Å²) < 4.78 is 11.0. The number of aromatic nitrogens is 1. The van der Waals surface area contributed by atoms with E-state index in [9.17, 15) is 9.90 Å². The third-order valence-electron chi connectivity index (χ3n) is 3.20. The van der Waals surface area contributed by atoms with Crippen molar-refractivity contribution in [2.24, 2.45) is 0 Å². The van der Waals surface area contributed by atoms with Crippen molar-refractivity contribution >= 4 is 5.97 Å². The second-order valence-corrected chi connectivity index (χ2v) is 4.57. The molecule has 3 aromatic rings. The van der Waals surface area contributed by atoms with E-state index < -0.39 is 5.97 Å². The minimum atomic E-state index is -1.15. The molecule has 1 heterocycles. The maximum Gasteiger partial charge on any atom is 0.358 e. The van der Waals surface area contributed by atoms with Crippen LogP contribution in [0.3, 0.4) is 0 Å². The molecule has 0 aliphatic rings. The Morgan fingerprint density at radius 1 is 1.09 bits per heavy atom. The van der Waals surface area contributed by atoms with Crippen molar-refractivity contribution in [3.8, 4) is 28.5 Å². The van der Waals surface area contributed by atoms with Crippen LogP contribution in [0.15, 0.2) is 59.0 Å². The lowest BCUT2D eigenvalue weighted by molar-refractivity contribution is 0.0691. The van der Waals surface area contributed by atoms with Gasteiger partial charge in [0.05, 0.1) is 12.7 Å². The highest BCUT2D eigenvalue weighted by Gasteiger charge is 2.23. The number of methoxy groups -OCH3 is 1. The molecular weight excluding hydrogens is 282 g/mol. The molecular formula is C17H13NO4. The summed E-state index contributed by atoms with van der Waals surface area (Å²) in [5, 5.41) is 9.39. The van der Waals surface area contributed by atoms with Crippen molar-refractivity contribution in [2.45, 2.75) is 0 Å². The molecule has 0 aliphatic carbocycles. The lowest BCUT2D eigenvalue weighted by Crippen LogP contribution is -1.99. The van der Waals surface area contributed by atoms with E-state index in [4.69, 9.17) is 9.15 Å². The fourth-order valence-electron chi connectivity index (χ4n) is 2.18. The van der Waals surface area contributed by atoms with Crippen molar-refractivity contribution in [3.63, 3.8) is 0 Å². The lowest BCUT2D eigenvalue weighted by Gasteiger charge is -2.05. The van der Waals surface area contributed by atoms with Crippen molar-refractivity contribution in [2.75, 3.05) is 7.11 Å². The van der Waals surface area contributed by atoms with Crippen LogP contribution in [0.2, 0.25) is 0 Å². The Labute approximate surface area is 126 Å². The molecule has 5 nitrogen and oxygen atoms in total. The molecule has 0 bridgehead atoms. The number of carboxylic acids is 1. The molecule has 0 radical (unpaired) electrons. The van der Waals surface area contributed by atoms with E-state index >= 15 is 0 Å². The van der Waals surface area contributed by atoms with Gasteiger partial charge in [-0.2, -0.15) is 0 Å². The Balaban J connectivity index is 2.19. The average Bonchev–Trinajstić information content (AvgIpc) is 3.01. The number of oxazole rings is 1.